The van der Waals surface area contributed by atoms with Crippen molar-refractivity contribution in [3.63, 3.8) is 0 Å². The zero-order valence-corrected chi connectivity index (χ0v) is 11.6. The van der Waals surface area contributed by atoms with Gasteiger partial charge in [-0.1, -0.05) is 24.6 Å². The summed E-state index contributed by atoms with van der Waals surface area (Å²) in [4.78, 5) is 0. The van der Waals surface area contributed by atoms with Crippen LogP contribution in [0.15, 0.2) is 34.7 Å². The first-order valence-corrected chi connectivity index (χ1v) is 6.52. The highest BCUT2D eigenvalue weighted by Gasteiger charge is 2.11. The van der Waals surface area contributed by atoms with Gasteiger partial charge in [-0.3, -0.25) is 0 Å². The molecule has 0 radical (unpaired) electrons. The third-order valence-electron chi connectivity index (χ3n) is 3.22. The molecule has 96 valence electrons. The van der Waals surface area contributed by atoms with Gasteiger partial charge in [0.15, 0.2) is 0 Å². The standard InChI is InChI=1S/C16H21NO/c1-5-17-13(4)15-8-9-16(18-15)14-10-11(2)6-7-12(14)3/h6-10,13,17H,5H2,1-4H3. The van der Waals surface area contributed by atoms with E-state index in [4.69, 9.17) is 4.42 Å². The molecule has 2 heteroatoms. The molecule has 18 heavy (non-hydrogen) atoms. The van der Waals surface area contributed by atoms with Crippen LogP contribution in [-0.2, 0) is 0 Å². The van der Waals surface area contributed by atoms with Gasteiger partial charge in [-0.05, 0) is 51.1 Å². The zero-order valence-electron chi connectivity index (χ0n) is 11.6. The van der Waals surface area contributed by atoms with Crippen molar-refractivity contribution in [2.45, 2.75) is 33.7 Å². The summed E-state index contributed by atoms with van der Waals surface area (Å²) in [6.45, 7) is 9.39. The van der Waals surface area contributed by atoms with Crippen LogP contribution in [0.25, 0.3) is 11.3 Å². The number of nitrogens with one attached hydrogen (secondary N) is 1. The van der Waals surface area contributed by atoms with Crippen LogP contribution in [0.5, 0.6) is 0 Å². The summed E-state index contributed by atoms with van der Waals surface area (Å²) in [5.74, 6) is 1.95. The molecule has 0 saturated carbocycles. The SMILES string of the molecule is CCNC(C)c1ccc(-c2cc(C)ccc2C)o1. The van der Waals surface area contributed by atoms with Gasteiger partial charge in [-0.15, -0.1) is 0 Å². The summed E-state index contributed by atoms with van der Waals surface area (Å²) in [6, 6.07) is 10.8. The first-order valence-electron chi connectivity index (χ1n) is 6.52. The Morgan fingerprint density at radius 3 is 2.67 bits per heavy atom. The van der Waals surface area contributed by atoms with E-state index in [2.05, 4.69) is 63.3 Å². The number of benzene rings is 1. The molecular weight excluding hydrogens is 222 g/mol. The zero-order chi connectivity index (χ0) is 13.1. The number of rotatable bonds is 4. The van der Waals surface area contributed by atoms with E-state index < -0.39 is 0 Å². The summed E-state index contributed by atoms with van der Waals surface area (Å²) < 4.78 is 5.96. The fraction of sp³-hybridized carbons (Fsp3) is 0.375. The van der Waals surface area contributed by atoms with Gasteiger partial charge in [0.05, 0.1) is 6.04 Å². The van der Waals surface area contributed by atoms with Gasteiger partial charge >= 0.3 is 0 Å². The van der Waals surface area contributed by atoms with Crippen LogP contribution < -0.4 is 5.32 Å². The molecule has 1 atom stereocenters. The van der Waals surface area contributed by atoms with Gasteiger partial charge in [0.25, 0.3) is 0 Å². The van der Waals surface area contributed by atoms with E-state index in [1.54, 1.807) is 0 Å². The molecular formula is C16H21NO. The lowest BCUT2D eigenvalue weighted by atomic mass is 10.0. The second kappa shape index (κ2) is 5.40. The van der Waals surface area contributed by atoms with Crippen molar-refractivity contribution in [3.05, 3.63) is 47.2 Å². The Bertz CT molecular complexity index is 528. The Hall–Kier alpha value is -1.54. The summed E-state index contributed by atoms with van der Waals surface area (Å²) in [5.41, 5.74) is 3.69. The molecule has 0 aliphatic carbocycles. The molecule has 0 aliphatic rings. The molecule has 2 nitrogen and oxygen atoms in total. The second-order valence-corrected chi connectivity index (χ2v) is 4.80. The molecule has 1 N–H and O–H groups in total. The maximum absolute atomic E-state index is 5.96. The molecule has 1 aromatic heterocycles. The average Bonchev–Trinajstić information content (AvgIpc) is 2.82. The summed E-state index contributed by atoms with van der Waals surface area (Å²) >= 11 is 0. The largest absolute Gasteiger partial charge is 0.459 e. The minimum Gasteiger partial charge on any atom is -0.459 e. The van der Waals surface area contributed by atoms with E-state index in [0.717, 1.165) is 18.1 Å². The van der Waals surface area contributed by atoms with Crippen molar-refractivity contribution in [1.29, 1.82) is 0 Å². The van der Waals surface area contributed by atoms with E-state index >= 15 is 0 Å². The van der Waals surface area contributed by atoms with Crippen LogP contribution in [0.2, 0.25) is 0 Å². The first-order chi connectivity index (χ1) is 8.61. The van der Waals surface area contributed by atoms with Gasteiger partial charge < -0.3 is 9.73 Å². The Kier molecular flexibility index (Phi) is 3.87. The lowest BCUT2D eigenvalue weighted by molar-refractivity contribution is 0.445. The van der Waals surface area contributed by atoms with E-state index in [1.165, 1.54) is 16.7 Å². The molecule has 1 unspecified atom stereocenters. The van der Waals surface area contributed by atoms with Crippen molar-refractivity contribution in [2.75, 3.05) is 6.54 Å². The minimum absolute atomic E-state index is 0.258. The number of aryl methyl sites for hydroxylation is 2. The summed E-state index contributed by atoms with van der Waals surface area (Å²) in [5, 5.41) is 3.36. The molecule has 1 heterocycles. The second-order valence-electron chi connectivity index (χ2n) is 4.80. The highest BCUT2D eigenvalue weighted by atomic mass is 16.3. The summed E-state index contributed by atoms with van der Waals surface area (Å²) in [6.07, 6.45) is 0. The van der Waals surface area contributed by atoms with E-state index in [-0.39, 0.29) is 6.04 Å². The third kappa shape index (κ3) is 2.65. The lowest BCUT2D eigenvalue weighted by Crippen LogP contribution is -2.16. The van der Waals surface area contributed by atoms with Crippen LogP contribution in [0.1, 0.15) is 36.8 Å². The van der Waals surface area contributed by atoms with Crippen LogP contribution in [0.4, 0.5) is 0 Å². The average molecular weight is 243 g/mol. The number of hydrogen-bond acceptors (Lipinski definition) is 2. The van der Waals surface area contributed by atoms with Crippen molar-refractivity contribution in [3.8, 4) is 11.3 Å². The Balaban J connectivity index is 2.32. The Morgan fingerprint density at radius 2 is 1.94 bits per heavy atom. The molecule has 0 aliphatic heterocycles. The van der Waals surface area contributed by atoms with Crippen molar-refractivity contribution < 1.29 is 4.42 Å². The molecule has 0 fully saturated rings. The van der Waals surface area contributed by atoms with Gasteiger partial charge in [0.1, 0.15) is 11.5 Å². The van der Waals surface area contributed by atoms with Gasteiger partial charge in [-0.25, -0.2) is 0 Å². The van der Waals surface area contributed by atoms with Crippen molar-refractivity contribution >= 4 is 0 Å². The van der Waals surface area contributed by atoms with Crippen LogP contribution >= 0.6 is 0 Å². The Labute approximate surface area is 109 Å². The normalized spacial score (nSPS) is 12.7. The molecule has 2 aromatic rings. The molecule has 0 bridgehead atoms. The topological polar surface area (TPSA) is 25.2 Å². The van der Waals surface area contributed by atoms with Gasteiger partial charge in [0.2, 0.25) is 0 Å². The fourth-order valence-corrected chi connectivity index (χ4v) is 2.14. The first kappa shape index (κ1) is 12.9. The summed E-state index contributed by atoms with van der Waals surface area (Å²) in [7, 11) is 0. The van der Waals surface area contributed by atoms with Crippen LogP contribution in [0.3, 0.4) is 0 Å². The van der Waals surface area contributed by atoms with Crippen LogP contribution in [0, 0.1) is 13.8 Å². The maximum atomic E-state index is 5.96. The monoisotopic (exact) mass is 243 g/mol. The molecule has 0 spiro atoms. The number of furan rings is 1. The quantitative estimate of drug-likeness (QED) is 0.869. The fourth-order valence-electron chi connectivity index (χ4n) is 2.14. The highest BCUT2D eigenvalue weighted by molar-refractivity contribution is 5.63. The molecule has 0 saturated heterocycles. The third-order valence-corrected chi connectivity index (χ3v) is 3.22. The van der Waals surface area contributed by atoms with Crippen molar-refractivity contribution in [1.82, 2.24) is 5.32 Å². The maximum Gasteiger partial charge on any atom is 0.134 e. The van der Waals surface area contributed by atoms with Crippen molar-refractivity contribution in [2.24, 2.45) is 0 Å². The van der Waals surface area contributed by atoms with E-state index in [1.807, 2.05) is 0 Å². The van der Waals surface area contributed by atoms with E-state index in [0.29, 0.717) is 0 Å². The Morgan fingerprint density at radius 1 is 1.17 bits per heavy atom. The number of hydrogen-bond donors (Lipinski definition) is 1. The van der Waals surface area contributed by atoms with Gasteiger partial charge in [-0.2, -0.15) is 0 Å². The lowest BCUT2D eigenvalue weighted by Gasteiger charge is -2.09. The highest BCUT2D eigenvalue weighted by Crippen LogP contribution is 2.28. The minimum atomic E-state index is 0.258. The molecule has 1 aromatic carbocycles. The smallest absolute Gasteiger partial charge is 0.134 e. The predicted octanol–water partition coefficient (Wildman–Crippen LogP) is 4.23. The van der Waals surface area contributed by atoms with Crippen LogP contribution in [-0.4, -0.2) is 6.54 Å². The van der Waals surface area contributed by atoms with Gasteiger partial charge in [0, 0.05) is 5.56 Å². The van der Waals surface area contributed by atoms with E-state index in [9.17, 15) is 0 Å². The predicted molar refractivity (Wildman–Crippen MR) is 75.7 cm³/mol. The molecule has 0 amide bonds. The molecule has 2 rings (SSSR count).